The summed E-state index contributed by atoms with van der Waals surface area (Å²) in [5.41, 5.74) is 6.08. The van der Waals surface area contributed by atoms with Crippen LogP contribution in [0.4, 0.5) is 5.13 Å². The number of aliphatic hydroxyl groups excluding tert-OH is 1. The standard InChI is InChI=1S/C8H13N3O2S/c1-5(3-12)10-7(13)2-6-4-14-8(9)11-6/h4-5,12H,2-3H2,1H3,(H2,9,11)(H,10,13). The maximum Gasteiger partial charge on any atom is 0.226 e. The van der Waals surface area contributed by atoms with Gasteiger partial charge in [-0.1, -0.05) is 0 Å². The zero-order chi connectivity index (χ0) is 10.6. The first-order valence-corrected chi connectivity index (χ1v) is 5.10. The van der Waals surface area contributed by atoms with Crippen LogP contribution in [-0.2, 0) is 11.2 Å². The number of carbonyl (C=O) groups excluding carboxylic acids is 1. The van der Waals surface area contributed by atoms with Gasteiger partial charge in [0, 0.05) is 11.4 Å². The topological polar surface area (TPSA) is 88.2 Å². The number of aliphatic hydroxyl groups is 1. The Morgan fingerprint density at radius 3 is 3.07 bits per heavy atom. The Morgan fingerprint density at radius 2 is 2.57 bits per heavy atom. The smallest absolute Gasteiger partial charge is 0.226 e. The number of carbonyl (C=O) groups is 1. The molecule has 0 saturated carbocycles. The summed E-state index contributed by atoms with van der Waals surface area (Å²) in [4.78, 5) is 15.2. The van der Waals surface area contributed by atoms with Crippen LogP contribution in [-0.4, -0.2) is 28.6 Å². The molecule has 1 heterocycles. The number of nitrogens with two attached hydrogens (primary N) is 1. The number of nitrogens with one attached hydrogen (secondary N) is 1. The lowest BCUT2D eigenvalue weighted by Crippen LogP contribution is -2.36. The quantitative estimate of drug-likeness (QED) is 0.647. The fraction of sp³-hybridized carbons (Fsp3) is 0.500. The number of thiazole rings is 1. The SMILES string of the molecule is CC(CO)NC(=O)Cc1csc(N)n1. The molecule has 1 aromatic heterocycles. The first-order chi connectivity index (χ1) is 6.61. The second-order valence-corrected chi connectivity index (χ2v) is 3.89. The molecule has 4 N–H and O–H groups in total. The van der Waals surface area contributed by atoms with Crippen LogP contribution in [0, 0.1) is 0 Å². The third-order valence-electron chi connectivity index (χ3n) is 1.59. The van der Waals surface area contributed by atoms with Crippen LogP contribution in [0.15, 0.2) is 5.38 Å². The van der Waals surface area contributed by atoms with Crippen molar-refractivity contribution in [3.05, 3.63) is 11.1 Å². The Hall–Kier alpha value is -1.14. The Balaban J connectivity index is 2.41. The van der Waals surface area contributed by atoms with Crippen LogP contribution < -0.4 is 11.1 Å². The van der Waals surface area contributed by atoms with Gasteiger partial charge >= 0.3 is 0 Å². The monoisotopic (exact) mass is 215 g/mol. The highest BCUT2D eigenvalue weighted by atomic mass is 32.1. The van der Waals surface area contributed by atoms with E-state index in [-0.39, 0.29) is 25.0 Å². The summed E-state index contributed by atoms with van der Waals surface area (Å²) in [6.45, 7) is 1.66. The fourth-order valence-corrected chi connectivity index (χ4v) is 1.50. The highest BCUT2D eigenvalue weighted by Gasteiger charge is 2.08. The van der Waals surface area contributed by atoms with E-state index in [4.69, 9.17) is 10.8 Å². The molecular weight excluding hydrogens is 202 g/mol. The third kappa shape index (κ3) is 3.31. The molecule has 1 amide bonds. The van der Waals surface area contributed by atoms with E-state index in [0.717, 1.165) is 0 Å². The van der Waals surface area contributed by atoms with Gasteiger partial charge in [0.15, 0.2) is 5.13 Å². The fourth-order valence-electron chi connectivity index (χ4n) is 0.940. The van der Waals surface area contributed by atoms with Gasteiger partial charge in [-0.3, -0.25) is 4.79 Å². The van der Waals surface area contributed by atoms with Crippen LogP contribution in [0.5, 0.6) is 0 Å². The summed E-state index contributed by atoms with van der Waals surface area (Å²) in [6.07, 6.45) is 0.206. The molecule has 0 aliphatic heterocycles. The van der Waals surface area contributed by atoms with Crippen molar-refractivity contribution in [3.63, 3.8) is 0 Å². The normalized spacial score (nSPS) is 12.4. The maximum atomic E-state index is 11.3. The number of nitrogens with zero attached hydrogens (tertiary/aromatic N) is 1. The van der Waals surface area contributed by atoms with E-state index in [1.165, 1.54) is 11.3 Å². The third-order valence-corrected chi connectivity index (χ3v) is 2.32. The molecule has 1 unspecified atom stereocenters. The molecule has 14 heavy (non-hydrogen) atoms. The predicted octanol–water partition coefficient (Wildman–Crippen LogP) is -0.235. The van der Waals surface area contributed by atoms with Crippen molar-refractivity contribution in [3.8, 4) is 0 Å². The number of amides is 1. The molecule has 0 aliphatic carbocycles. The second-order valence-electron chi connectivity index (χ2n) is 3.00. The summed E-state index contributed by atoms with van der Waals surface area (Å²) >= 11 is 1.31. The lowest BCUT2D eigenvalue weighted by Gasteiger charge is -2.09. The lowest BCUT2D eigenvalue weighted by molar-refractivity contribution is -0.121. The van der Waals surface area contributed by atoms with E-state index in [0.29, 0.717) is 10.8 Å². The molecule has 1 aromatic rings. The van der Waals surface area contributed by atoms with E-state index in [9.17, 15) is 4.79 Å². The van der Waals surface area contributed by atoms with E-state index in [1.807, 2.05) is 0 Å². The Morgan fingerprint density at radius 1 is 1.86 bits per heavy atom. The van der Waals surface area contributed by atoms with E-state index < -0.39 is 0 Å². The Kier molecular flexibility index (Phi) is 3.84. The molecule has 0 aliphatic rings. The predicted molar refractivity (Wildman–Crippen MR) is 54.9 cm³/mol. The maximum absolute atomic E-state index is 11.3. The van der Waals surface area contributed by atoms with Crippen molar-refractivity contribution < 1.29 is 9.90 Å². The minimum Gasteiger partial charge on any atom is -0.394 e. The number of hydrogen-bond donors (Lipinski definition) is 3. The first-order valence-electron chi connectivity index (χ1n) is 4.22. The molecule has 5 nitrogen and oxygen atoms in total. The molecule has 0 spiro atoms. The van der Waals surface area contributed by atoms with Gasteiger partial charge in [0.25, 0.3) is 0 Å². The molecule has 0 aromatic carbocycles. The summed E-state index contributed by atoms with van der Waals surface area (Å²) in [7, 11) is 0. The number of hydrogen-bond acceptors (Lipinski definition) is 5. The number of aromatic nitrogens is 1. The molecule has 78 valence electrons. The van der Waals surface area contributed by atoms with Crippen molar-refractivity contribution in [2.75, 3.05) is 12.3 Å². The minimum atomic E-state index is -0.224. The van der Waals surface area contributed by atoms with Gasteiger partial charge in [-0.2, -0.15) is 0 Å². The largest absolute Gasteiger partial charge is 0.394 e. The summed E-state index contributed by atoms with van der Waals surface area (Å²) in [5.74, 6) is -0.156. The first kappa shape index (κ1) is 10.9. The lowest BCUT2D eigenvalue weighted by atomic mass is 10.3. The minimum absolute atomic E-state index is 0.0645. The van der Waals surface area contributed by atoms with Crippen molar-refractivity contribution in [2.24, 2.45) is 0 Å². The zero-order valence-corrected chi connectivity index (χ0v) is 8.67. The Labute approximate surface area is 86.0 Å². The van der Waals surface area contributed by atoms with Crippen LogP contribution in [0.3, 0.4) is 0 Å². The average Bonchev–Trinajstić information content (AvgIpc) is 2.50. The molecule has 1 atom stereocenters. The number of anilines is 1. The van der Waals surface area contributed by atoms with Crippen molar-refractivity contribution in [1.29, 1.82) is 0 Å². The van der Waals surface area contributed by atoms with Gasteiger partial charge in [0.05, 0.1) is 18.7 Å². The number of nitrogen functional groups attached to an aromatic ring is 1. The van der Waals surface area contributed by atoms with Gasteiger partial charge in [0.1, 0.15) is 0 Å². The van der Waals surface area contributed by atoms with E-state index in [2.05, 4.69) is 10.3 Å². The highest BCUT2D eigenvalue weighted by molar-refractivity contribution is 7.13. The molecule has 0 radical (unpaired) electrons. The highest BCUT2D eigenvalue weighted by Crippen LogP contribution is 2.11. The van der Waals surface area contributed by atoms with Crippen LogP contribution in [0.2, 0.25) is 0 Å². The summed E-state index contributed by atoms with van der Waals surface area (Å²) < 4.78 is 0. The van der Waals surface area contributed by atoms with E-state index >= 15 is 0 Å². The van der Waals surface area contributed by atoms with Crippen molar-refractivity contribution >= 4 is 22.4 Å². The van der Waals surface area contributed by atoms with Crippen LogP contribution in [0.25, 0.3) is 0 Å². The van der Waals surface area contributed by atoms with Gasteiger partial charge in [0.2, 0.25) is 5.91 Å². The van der Waals surface area contributed by atoms with Crippen LogP contribution in [0.1, 0.15) is 12.6 Å². The Bertz CT molecular complexity index is 313. The molecule has 0 fully saturated rings. The average molecular weight is 215 g/mol. The molecular formula is C8H13N3O2S. The molecule has 6 heteroatoms. The van der Waals surface area contributed by atoms with Gasteiger partial charge in [-0.05, 0) is 6.92 Å². The zero-order valence-electron chi connectivity index (χ0n) is 7.86. The molecule has 0 bridgehead atoms. The van der Waals surface area contributed by atoms with Crippen molar-refractivity contribution in [1.82, 2.24) is 10.3 Å². The summed E-state index contributed by atoms with van der Waals surface area (Å²) in [6, 6.07) is -0.224. The second kappa shape index (κ2) is 4.92. The van der Waals surface area contributed by atoms with Crippen LogP contribution >= 0.6 is 11.3 Å². The molecule has 1 rings (SSSR count). The van der Waals surface area contributed by atoms with E-state index in [1.54, 1.807) is 12.3 Å². The summed E-state index contributed by atoms with van der Waals surface area (Å²) in [5, 5.41) is 13.5. The van der Waals surface area contributed by atoms with Crippen molar-refractivity contribution in [2.45, 2.75) is 19.4 Å². The van der Waals surface area contributed by atoms with Gasteiger partial charge < -0.3 is 16.2 Å². The molecule has 0 saturated heterocycles. The van der Waals surface area contributed by atoms with Gasteiger partial charge in [-0.15, -0.1) is 11.3 Å². The van der Waals surface area contributed by atoms with Gasteiger partial charge in [-0.25, -0.2) is 4.98 Å². The number of rotatable bonds is 4.